The van der Waals surface area contributed by atoms with Crippen LogP contribution in [0.2, 0.25) is 0 Å². The van der Waals surface area contributed by atoms with Gasteiger partial charge in [-0.2, -0.15) is 0 Å². The maximum absolute atomic E-state index is 11.8. The van der Waals surface area contributed by atoms with Crippen LogP contribution in [0.3, 0.4) is 0 Å². The number of ether oxygens (including phenoxy) is 1. The van der Waals surface area contributed by atoms with Crippen molar-refractivity contribution in [2.75, 3.05) is 26.9 Å². The van der Waals surface area contributed by atoms with Gasteiger partial charge in [0.1, 0.15) is 0 Å². The molecule has 0 bridgehead atoms. The number of carbonyl (C=O) groups excluding carboxylic acids is 1. The normalized spacial score (nSPS) is 15.1. The predicted molar refractivity (Wildman–Crippen MR) is 76.7 cm³/mol. The van der Waals surface area contributed by atoms with Crippen molar-refractivity contribution >= 4 is 5.91 Å². The van der Waals surface area contributed by atoms with Crippen molar-refractivity contribution in [2.24, 2.45) is 17.1 Å². The molecule has 0 aliphatic rings. The Labute approximate surface area is 116 Å². The summed E-state index contributed by atoms with van der Waals surface area (Å²) in [5.41, 5.74) is 5.78. The van der Waals surface area contributed by atoms with E-state index in [0.717, 1.165) is 12.8 Å². The summed E-state index contributed by atoms with van der Waals surface area (Å²) in [5, 5.41) is 11.9. The van der Waals surface area contributed by atoms with Crippen molar-refractivity contribution < 1.29 is 14.6 Å². The van der Waals surface area contributed by atoms with Gasteiger partial charge in [0.05, 0.1) is 19.3 Å². The molecule has 0 aromatic carbocycles. The highest BCUT2D eigenvalue weighted by Crippen LogP contribution is 2.31. The molecule has 1 amide bonds. The Hall–Kier alpha value is -0.650. The molecule has 5 heteroatoms. The first-order chi connectivity index (χ1) is 8.85. The lowest BCUT2D eigenvalue weighted by molar-refractivity contribution is -0.123. The van der Waals surface area contributed by atoms with Crippen LogP contribution in [0.4, 0.5) is 0 Å². The molecular weight excluding hydrogens is 244 g/mol. The Morgan fingerprint density at radius 1 is 1.37 bits per heavy atom. The van der Waals surface area contributed by atoms with Gasteiger partial charge in [0.15, 0.2) is 0 Å². The Morgan fingerprint density at radius 3 is 2.42 bits per heavy atom. The van der Waals surface area contributed by atoms with E-state index < -0.39 is 0 Å². The van der Waals surface area contributed by atoms with E-state index in [1.165, 1.54) is 0 Å². The van der Waals surface area contributed by atoms with Crippen LogP contribution in [0.15, 0.2) is 0 Å². The third-order valence-corrected chi connectivity index (χ3v) is 3.41. The first-order valence-corrected chi connectivity index (χ1v) is 6.94. The molecule has 19 heavy (non-hydrogen) atoms. The van der Waals surface area contributed by atoms with Gasteiger partial charge in [-0.05, 0) is 30.7 Å². The number of aliphatic hydroxyl groups excluding tert-OH is 1. The zero-order valence-corrected chi connectivity index (χ0v) is 12.7. The van der Waals surface area contributed by atoms with Crippen molar-refractivity contribution in [3.8, 4) is 0 Å². The zero-order chi connectivity index (χ0) is 14.9. The number of hydrogen-bond donors (Lipinski definition) is 3. The third kappa shape index (κ3) is 8.18. The van der Waals surface area contributed by atoms with Crippen LogP contribution in [-0.2, 0) is 9.53 Å². The van der Waals surface area contributed by atoms with Gasteiger partial charge < -0.3 is 20.9 Å². The summed E-state index contributed by atoms with van der Waals surface area (Å²) in [6, 6.07) is -0.319. The van der Waals surface area contributed by atoms with Crippen molar-refractivity contribution in [1.82, 2.24) is 5.32 Å². The first-order valence-electron chi connectivity index (χ1n) is 6.94. The summed E-state index contributed by atoms with van der Waals surface area (Å²) in [5.74, 6) is 0.389. The third-order valence-electron chi connectivity index (χ3n) is 3.41. The Kier molecular flexibility index (Phi) is 8.97. The second-order valence-electron chi connectivity index (χ2n) is 6.08. The molecule has 0 heterocycles. The lowest BCUT2D eigenvalue weighted by Crippen LogP contribution is -2.40. The minimum absolute atomic E-state index is 0.0395. The molecule has 0 saturated heterocycles. The monoisotopic (exact) mass is 274 g/mol. The fourth-order valence-corrected chi connectivity index (χ4v) is 2.16. The topological polar surface area (TPSA) is 84.6 Å². The number of amides is 1. The van der Waals surface area contributed by atoms with Crippen molar-refractivity contribution in [3.63, 3.8) is 0 Å². The molecule has 0 aliphatic heterocycles. The Balaban J connectivity index is 4.17. The lowest BCUT2D eigenvalue weighted by atomic mass is 9.76. The number of rotatable bonds is 9. The lowest BCUT2D eigenvalue weighted by Gasteiger charge is -2.30. The molecular formula is C14H30N2O3. The quantitative estimate of drug-likeness (QED) is 0.583. The molecule has 4 N–H and O–H groups in total. The maximum atomic E-state index is 11.8. The van der Waals surface area contributed by atoms with Crippen LogP contribution in [0, 0.1) is 11.3 Å². The summed E-state index contributed by atoms with van der Waals surface area (Å²) in [4.78, 5) is 11.8. The van der Waals surface area contributed by atoms with Crippen molar-refractivity contribution in [1.29, 1.82) is 0 Å². The predicted octanol–water partition coefficient (Wildman–Crippen LogP) is 0.901. The molecule has 0 radical (unpaired) electrons. The second kappa shape index (κ2) is 9.28. The second-order valence-corrected chi connectivity index (χ2v) is 6.08. The molecule has 0 saturated carbocycles. The van der Waals surface area contributed by atoms with Crippen molar-refractivity contribution in [2.45, 2.75) is 46.1 Å². The van der Waals surface area contributed by atoms with Gasteiger partial charge in [-0.15, -0.1) is 0 Å². The molecule has 0 fully saturated rings. The molecule has 114 valence electrons. The van der Waals surface area contributed by atoms with E-state index in [4.69, 9.17) is 15.6 Å². The Morgan fingerprint density at radius 2 is 2.00 bits per heavy atom. The van der Waals surface area contributed by atoms with E-state index >= 15 is 0 Å². The van der Waals surface area contributed by atoms with Crippen molar-refractivity contribution in [3.05, 3.63) is 0 Å². The highest BCUT2D eigenvalue weighted by molar-refractivity contribution is 5.76. The van der Waals surface area contributed by atoms with Crippen LogP contribution >= 0.6 is 0 Å². The van der Waals surface area contributed by atoms with E-state index in [1.807, 2.05) is 0 Å². The number of nitrogens with two attached hydrogens (primary N) is 1. The molecule has 0 aromatic heterocycles. The largest absolute Gasteiger partial charge is 0.394 e. The maximum Gasteiger partial charge on any atom is 0.220 e. The standard InChI is InChI=1S/C14H30N2O3/c1-14(2,3)11(7-8-15)5-6-13(18)16-12(9-17)10-19-4/h11-12,17H,5-10,15H2,1-4H3,(H,16,18). The van der Waals surface area contributed by atoms with E-state index in [9.17, 15) is 4.79 Å². The molecule has 5 nitrogen and oxygen atoms in total. The SMILES string of the molecule is COCC(CO)NC(=O)CCC(CCN)C(C)(C)C. The van der Waals surface area contributed by atoms with Gasteiger partial charge >= 0.3 is 0 Å². The number of methoxy groups -OCH3 is 1. The Bertz CT molecular complexity index is 252. The minimum atomic E-state index is -0.319. The average Bonchev–Trinajstić information content (AvgIpc) is 2.32. The van der Waals surface area contributed by atoms with Crippen LogP contribution in [0.5, 0.6) is 0 Å². The average molecular weight is 274 g/mol. The fraction of sp³-hybridized carbons (Fsp3) is 0.929. The molecule has 0 aliphatic carbocycles. The molecule has 0 spiro atoms. The van der Waals surface area contributed by atoms with Crippen LogP contribution in [0.25, 0.3) is 0 Å². The summed E-state index contributed by atoms with van der Waals surface area (Å²) in [7, 11) is 1.55. The highest BCUT2D eigenvalue weighted by Gasteiger charge is 2.24. The van der Waals surface area contributed by atoms with Gasteiger partial charge in [0.25, 0.3) is 0 Å². The van der Waals surface area contributed by atoms with Gasteiger partial charge in [-0.1, -0.05) is 20.8 Å². The zero-order valence-electron chi connectivity index (χ0n) is 12.7. The minimum Gasteiger partial charge on any atom is -0.394 e. The number of aliphatic hydroxyl groups is 1. The van der Waals surface area contributed by atoms with Crippen LogP contribution in [0.1, 0.15) is 40.0 Å². The number of hydrogen-bond acceptors (Lipinski definition) is 4. The van der Waals surface area contributed by atoms with E-state index in [-0.39, 0.29) is 24.0 Å². The fourth-order valence-electron chi connectivity index (χ4n) is 2.16. The van der Waals surface area contributed by atoms with Gasteiger partial charge in [0, 0.05) is 13.5 Å². The van der Waals surface area contributed by atoms with Gasteiger partial charge in [-0.3, -0.25) is 4.79 Å². The highest BCUT2D eigenvalue weighted by atomic mass is 16.5. The molecule has 0 rings (SSSR count). The van der Waals surface area contributed by atoms with Crippen LogP contribution in [-0.4, -0.2) is 43.9 Å². The summed E-state index contributed by atoms with van der Waals surface area (Å²) >= 11 is 0. The number of nitrogens with one attached hydrogen (secondary N) is 1. The molecule has 2 unspecified atom stereocenters. The summed E-state index contributed by atoms with van der Waals surface area (Å²) in [6.07, 6.45) is 2.21. The van der Waals surface area contributed by atoms with E-state index in [2.05, 4.69) is 26.1 Å². The van der Waals surface area contributed by atoms with Gasteiger partial charge in [0.2, 0.25) is 5.91 Å². The molecule has 0 aromatic rings. The van der Waals surface area contributed by atoms with E-state index in [1.54, 1.807) is 7.11 Å². The van der Waals surface area contributed by atoms with E-state index in [0.29, 0.717) is 25.5 Å². The summed E-state index contributed by atoms with van der Waals surface area (Å²) in [6.45, 7) is 7.39. The number of carbonyl (C=O) groups is 1. The van der Waals surface area contributed by atoms with Crippen LogP contribution < -0.4 is 11.1 Å². The van der Waals surface area contributed by atoms with Gasteiger partial charge in [-0.25, -0.2) is 0 Å². The summed E-state index contributed by atoms with van der Waals surface area (Å²) < 4.78 is 4.92. The molecule has 2 atom stereocenters. The smallest absolute Gasteiger partial charge is 0.220 e. The first kappa shape index (κ1) is 18.4.